The molecule has 25 heavy (non-hydrogen) atoms. The van der Waals surface area contributed by atoms with Gasteiger partial charge in [0.2, 0.25) is 5.56 Å². The molecule has 6 heteroatoms. The van der Waals surface area contributed by atoms with E-state index < -0.39 is 6.29 Å². The van der Waals surface area contributed by atoms with Gasteiger partial charge in [-0.3, -0.25) is 9.59 Å². The van der Waals surface area contributed by atoms with Crippen molar-refractivity contribution in [2.45, 2.75) is 12.8 Å². The molecule has 2 aromatic carbocycles. The molecule has 2 heterocycles. The second kappa shape index (κ2) is 5.98. The molecular weight excluding hydrogens is 320 g/mol. The van der Waals surface area contributed by atoms with E-state index >= 15 is 0 Å². The number of benzene rings is 2. The van der Waals surface area contributed by atoms with Gasteiger partial charge in [0.1, 0.15) is 0 Å². The molecule has 0 radical (unpaired) electrons. The molecule has 0 atom stereocenters. The Morgan fingerprint density at radius 3 is 2.44 bits per heavy atom. The van der Waals surface area contributed by atoms with Crippen LogP contribution in [0.5, 0.6) is 11.5 Å². The highest BCUT2D eigenvalue weighted by Crippen LogP contribution is 2.34. The van der Waals surface area contributed by atoms with Crippen molar-refractivity contribution in [2.24, 2.45) is 0 Å². The quantitative estimate of drug-likeness (QED) is 0.796. The number of rotatable bonds is 3. The predicted octanol–water partition coefficient (Wildman–Crippen LogP) is 2.28. The summed E-state index contributed by atoms with van der Waals surface area (Å²) in [5.41, 5.74) is 1.31. The first-order valence-electron chi connectivity index (χ1n) is 7.90. The number of ether oxygens (including phenoxy) is 2. The molecule has 0 spiro atoms. The predicted molar refractivity (Wildman–Crippen MR) is 92.5 cm³/mol. The van der Waals surface area contributed by atoms with Gasteiger partial charge < -0.3 is 19.4 Å². The van der Waals surface area contributed by atoms with Gasteiger partial charge in [0, 0.05) is 30.6 Å². The van der Waals surface area contributed by atoms with E-state index in [0.29, 0.717) is 11.5 Å². The maximum absolute atomic E-state index is 12.6. The van der Waals surface area contributed by atoms with Gasteiger partial charge in [0.15, 0.2) is 11.5 Å². The van der Waals surface area contributed by atoms with Gasteiger partial charge >= 0.3 is 12.2 Å². The molecule has 126 valence electrons. The number of nitrogens with one attached hydrogen (secondary N) is 1. The van der Waals surface area contributed by atoms with Crippen LogP contribution in [-0.2, 0) is 11.3 Å². The SMILES string of the molecule is CN(Cc1cc(=O)[nH]c2ccccc12)C(=O)C1Oc2ccccc2O1. The van der Waals surface area contributed by atoms with Crippen LogP contribution in [0.1, 0.15) is 5.56 Å². The van der Waals surface area contributed by atoms with Crippen molar-refractivity contribution in [1.29, 1.82) is 0 Å². The van der Waals surface area contributed by atoms with Gasteiger partial charge in [-0.05, 0) is 23.8 Å². The molecule has 1 aliphatic rings. The van der Waals surface area contributed by atoms with E-state index in [9.17, 15) is 9.59 Å². The first-order chi connectivity index (χ1) is 12.1. The lowest BCUT2D eigenvalue weighted by molar-refractivity contribution is -0.147. The van der Waals surface area contributed by atoms with Crippen LogP contribution in [0.25, 0.3) is 10.9 Å². The summed E-state index contributed by atoms with van der Waals surface area (Å²) in [5.74, 6) is 0.798. The van der Waals surface area contributed by atoms with E-state index in [1.54, 1.807) is 19.2 Å². The monoisotopic (exact) mass is 336 g/mol. The van der Waals surface area contributed by atoms with Crippen molar-refractivity contribution >= 4 is 16.8 Å². The number of carbonyl (C=O) groups excluding carboxylic acids is 1. The van der Waals surface area contributed by atoms with Crippen LogP contribution in [0.4, 0.5) is 0 Å². The molecule has 1 aromatic heterocycles. The standard InChI is InChI=1S/C19H16N2O4/c1-21(18(23)19-24-15-8-4-5-9-16(15)25-19)11-12-10-17(22)20-14-7-3-2-6-13(12)14/h2-10,19H,11H2,1H3,(H,20,22). The first-order valence-corrected chi connectivity index (χ1v) is 7.90. The number of carbonyl (C=O) groups is 1. The van der Waals surface area contributed by atoms with Gasteiger partial charge in [-0.1, -0.05) is 30.3 Å². The van der Waals surface area contributed by atoms with Gasteiger partial charge in [-0.2, -0.15) is 0 Å². The van der Waals surface area contributed by atoms with E-state index in [0.717, 1.165) is 16.5 Å². The van der Waals surface area contributed by atoms with Gasteiger partial charge in [-0.15, -0.1) is 0 Å². The Kier molecular flexibility index (Phi) is 3.65. The number of hydrogen-bond acceptors (Lipinski definition) is 4. The summed E-state index contributed by atoms with van der Waals surface area (Å²) in [7, 11) is 1.66. The molecule has 0 bridgehead atoms. The minimum atomic E-state index is -1.00. The van der Waals surface area contributed by atoms with Crippen molar-refractivity contribution in [1.82, 2.24) is 9.88 Å². The summed E-state index contributed by atoms with van der Waals surface area (Å²) in [6.45, 7) is 0.281. The number of para-hydroxylation sites is 3. The smallest absolute Gasteiger partial charge is 0.321 e. The lowest BCUT2D eigenvalue weighted by atomic mass is 10.1. The normalized spacial score (nSPS) is 13.2. The highest BCUT2D eigenvalue weighted by Gasteiger charge is 2.32. The van der Waals surface area contributed by atoms with Crippen molar-refractivity contribution in [2.75, 3.05) is 7.05 Å². The van der Waals surface area contributed by atoms with Crippen LogP contribution in [0.3, 0.4) is 0 Å². The number of aromatic nitrogens is 1. The van der Waals surface area contributed by atoms with Crippen LogP contribution in [0.2, 0.25) is 0 Å². The summed E-state index contributed by atoms with van der Waals surface area (Å²) in [6.07, 6.45) is -1.00. The topological polar surface area (TPSA) is 71.6 Å². The molecule has 0 unspecified atom stereocenters. The Hall–Kier alpha value is -3.28. The maximum atomic E-state index is 12.6. The van der Waals surface area contributed by atoms with Gasteiger partial charge in [-0.25, -0.2) is 0 Å². The van der Waals surface area contributed by atoms with Crippen LogP contribution < -0.4 is 15.0 Å². The van der Waals surface area contributed by atoms with Gasteiger partial charge in [0.05, 0.1) is 0 Å². The Labute approximate surface area is 143 Å². The third-order valence-electron chi connectivity index (χ3n) is 4.14. The van der Waals surface area contributed by atoms with Crippen LogP contribution in [-0.4, -0.2) is 29.1 Å². The largest absolute Gasteiger partial charge is 0.442 e. The van der Waals surface area contributed by atoms with E-state index in [-0.39, 0.29) is 18.0 Å². The lowest BCUT2D eigenvalue weighted by Crippen LogP contribution is -2.40. The molecule has 0 aliphatic carbocycles. The third kappa shape index (κ3) is 2.82. The lowest BCUT2D eigenvalue weighted by Gasteiger charge is -2.20. The fourth-order valence-corrected chi connectivity index (χ4v) is 2.92. The Morgan fingerprint density at radius 2 is 1.72 bits per heavy atom. The Morgan fingerprint density at radius 1 is 1.08 bits per heavy atom. The van der Waals surface area contributed by atoms with Crippen LogP contribution >= 0.6 is 0 Å². The van der Waals surface area contributed by atoms with E-state index in [1.807, 2.05) is 36.4 Å². The average Bonchev–Trinajstić information content (AvgIpc) is 3.05. The van der Waals surface area contributed by atoms with Crippen molar-refractivity contribution in [3.8, 4) is 11.5 Å². The van der Waals surface area contributed by atoms with E-state index in [2.05, 4.69) is 4.98 Å². The molecule has 6 nitrogen and oxygen atoms in total. The van der Waals surface area contributed by atoms with E-state index in [1.165, 1.54) is 11.0 Å². The summed E-state index contributed by atoms with van der Waals surface area (Å²) in [4.78, 5) is 28.8. The minimum Gasteiger partial charge on any atom is -0.442 e. The second-order valence-corrected chi connectivity index (χ2v) is 5.91. The molecule has 0 saturated carbocycles. The number of amides is 1. The molecular formula is C19H16N2O4. The highest BCUT2D eigenvalue weighted by atomic mass is 16.7. The third-order valence-corrected chi connectivity index (χ3v) is 4.14. The number of aromatic amines is 1. The Balaban J connectivity index is 1.56. The molecule has 1 aliphatic heterocycles. The van der Waals surface area contributed by atoms with Gasteiger partial charge in [0.25, 0.3) is 0 Å². The van der Waals surface area contributed by atoms with E-state index in [4.69, 9.17) is 9.47 Å². The number of nitrogens with zero attached hydrogens (tertiary/aromatic N) is 1. The maximum Gasteiger partial charge on any atom is 0.321 e. The fourth-order valence-electron chi connectivity index (χ4n) is 2.92. The van der Waals surface area contributed by atoms with Crippen LogP contribution in [0.15, 0.2) is 59.4 Å². The summed E-state index contributed by atoms with van der Waals surface area (Å²) >= 11 is 0. The average molecular weight is 336 g/mol. The zero-order valence-corrected chi connectivity index (χ0v) is 13.6. The molecule has 0 saturated heterocycles. The molecule has 3 aromatic rings. The summed E-state index contributed by atoms with van der Waals surface area (Å²) < 4.78 is 11.1. The first kappa shape index (κ1) is 15.3. The molecule has 1 amide bonds. The summed E-state index contributed by atoms with van der Waals surface area (Å²) in [5, 5.41) is 0.901. The van der Waals surface area contributed by atoms with Crippen molar-refractivity contribution in [3.05, 3.63) is 70.5 Å². The number of hydrogen-bond donors (Lipinski definition) is 1. The summed E-state index contributed by atoms with van der Waals surface area (Å²) in [6, 6.07) is 16.2. The van der Waals surface area contributed by atoms with Crippen molar-refractivity contribution in [3.63, 3.8) is 0 Å². The minimum absolute atomic E-state index is 0.199. The Bertz CT molecular complexity index is 986. The highest BCUT2D eigenvalue weighted by molar-refractivity contribution is 5.84. The number of H-pyrrole nitrogens is 1. The molecule has 1 N–H and O–H groups in total. The molecule has 4 rings (SSSR count). The number of likely N-dealkylation sites (N-methyl/N-ethyl adjacent to an activating group) is 1. The zero-order chi connectivity index (χ0) is 17.4. The molecule has 0 fully saturated rings. The number of pyridine rings is 1. The zero-order valence-electron chi connectivity index (χ0n) is 13.6. The second-order valence-electron chi connectivity index (χ2n) is 5.91. The fraction of sp³-hybridized carbons (Fsp3) is 0.158. The van der Waals surface area contributed by atoms with Crippen LogP contribution in [0, 0.1) is 0 Å². The number of fused-ring (bicyclic) bond motifs is 2. The van der Waals surface area contributed by atoms with Crippen molar-refractivity contribution < 1.29 is 14.3 Å².